The lowest BCUT2D eigenvalue weighted by Gasteiger charge is -2.15. The van der Waals surface area contributed by atoms with Gasteiger partial charge in [0.25, 0.3) is 0 Å². The molecule has 2 aromatic carbocycles. The maximum Gasteiger partial charge on any atom is 0.123 e. The Labute approximate surface area is 166 Å². The summed E-state index contributed by atoms with van der Waals surface area (Å²) in [4.78, 5) is 5.31. The molecule has 26 heavy (non-hydrogen) atoms. The van der Waals surface area contributed by atoms with Crippen LogP contribution in [0.4, 0.5) is 4.39 Å². The summed E-state index contributed by atoms with van der Waals surface area (Å²) >= 11 is 5.32. The third-order valence-corrected chi connectivity index (χ3v) is 6.24. The van der Waals surface area contributed by atoms with Gasteiger partial charge in [0, 0.05) is 45.1 Å². The van der Waals surface area contributed by atoms with E-state index in [9.17, 15) is 4.39 Å². The number of hydrogen-bond donors (Lipinski definition) is 2. The summed E-state index contributed by atoms with van der Waals surface area (Å²) in [6, 6.07) is 13.2. The molecule has 3 nitrogen and oxygen atoms in total. The van der Waals surface area contributed by atoms with Gasteiger partial charge in [-0.1, -0.05) is 18.2 Å². The van der Waals surface area contributed by atoms with Crippen LogP contribution in [0.3, 0.4) is 0 Å². The van der Waals surface area contributed by atoms with Crippen molar-refractivity contribution in [1.29, 1.82) is 0 Å². The summed E-state index contributed by atoms with van der Waals surface area (Å²) in [5, 5.41) is 5.73. The molecule has 0 aliphatic heterocycles. The van der Waals surface area contributed by atoms with Gasteiger partial charge in [-0.05, 0) is 77.6 Å². The van der Waals surface area contributed by atoms with E-state index < -0.39 is 0 Å². The average molecular weight is 434 g/mol. The normalized spacial score (nSPS) is 12.4. The van der Waals surface area contributed by atoms with E-state index in [1.807, 2.05) is 30.6 Å². The molecule has 0 saturated heterocycles. The molecule has 0 saturated carbocycles. The number of fused-ring (bicyclic) bond motifs is 1. The van der Waals surface area contributed by atoms with Gasteiger partial charge >= 0.3 is 0 Å². The third-order valence-electron chi connectivity index (χ3n) is 4.04. The summed E-state index contributed by atoms with van der Waals surface area (Å²) in [6.07, 6.45) is 4.57. The highest BCUT2D eigenvalue weighted by atomic mass is 79.9. The first kappa shape index (κ1) is 19.3. The highest BCUT2D eigenvalue weighted by Gasteiger charge is 2.08. The van der Waals surface area contributed by atoms with E-state index in [4.69, 9.17) is 0 Å². The Kier molecular flexibility index (Phi) is 7.02. The van der Waals surface area contributed by atoms with E-state index in [1.165, 1.54) is 12.1 Å². The zero-order chi connectivity index (χ0) is 18.4. The molecule has 2 N–H and O–H groups in total. The zero-order valence-corrected chi connectivity index (χ0v) is 16.9. The number of benzene rings is 2. The third kappa shape index (κ3) is 5.27. The second kappa shape index (κ2) is 9.46. The van der Waals surface area contributed by atoms with Gasteiger partial charge in [0.1, 0.15) is 5.82 Å². The van der Waals surface area contributed by atoms with Crippen LogP contribution in [0.5, 0.6) is 0 Å². The first-order valence-electron chi connectivity index (χ1n) is 8.53. The van der Waals surface area contributed by atoms with E-state index in [-0.39, 0.29) is 5.82 Å². The van der Waals surface area contributed by atoms with E-state index in [0.717, 1.165) is 45.2 Å². The zero-order valence-electron chi connectivity index (χ0n) is 14.5. The minimum absolute atomic E-state index is 0.187. The van der Waals surface area contributed by atoms with E-state index >= 15 is 0 Å². The van der Waals surface area contributed by atoms with Gasteiger partial charge < -0.3 is 5.32 Å². The van der Waals surface area contributed by atoms with Crippen molar-refractivity contribution in [3.63, 3.8) is 0 Å². The molecule has 3 rings (SSSR count). The molecular weight excluding hydrogens is 413 g/mol. The fourth-order valence-electron chi connectivity index (χ4n) is 2.60. The van der Waals surface area contributed by atoms with Gasteiger partial charge in [-0.3, -0.25) is 9.71 Å². The van der Waals surface area contributed by atoms with Crippen LogP contribution in [0.25, 0.3) is 10.8 Å². The molecule has 0 aliphatic carbocycles. The molecular formula is C20H21BrFN3S. The van der Waals surface area contributed by atoms with Crippen LogP contribution in [-0.4, -0.2) is 24.1 Å². The molecule has 0 radical (unpaired) electrons. The molecule has 6 heteroatoms. The lowest BCUT2D eigenvalue weighted by Crippen LogP contribution is -2.33. The van der Waals surface area contributed by atoms with E-state index in [2.05, 4.69) is 50.0 Å². The number of halogens is 2. The molecule has 0 bridgehead atoms. The van der Waals surface area contributed by atoms with Crippen molar-refractivity contribution in [2.45, 2.75) is 24.3 Å². The van der Waals surface area contributed by atoms with Gasteiger partial charge in [0.15, 0.2) is 0 Å². The quantitative estimate of drug-likeness (QED) is 0.389. The van der Waals surface area contributed by atoms with Crippen molar-refractivity contribution in [3.8, 4) is 0 Å². The van der Waals surface area contributed by atoms with E-state index in [0.29, 0.717) is 6.04 Å². The van der Waals surface area contributed by atoms with Gasteiger partial charge in [-0.25, -0.2) is 4.39 Å². The number of nitrogens with one attached hydrogen (secondary N) is 2. The predicted octanol–water partition coefficient (Wildman–Crippen LogP) is 4.95. The first-order valence-corrected chi connectivity index (χ1v) is 10.1. The highest BCUT2D eigenvalue weighted by molar-refractivity contribution is 9.10. The van der Waals surface area contributed by atoms with Crippen LogP contribution in [-0.2, 0) is 6.42 Å². The largest absolute Gasteiger partial charge is 0.315 e. The number of nitrogens with zero attached hydrogens (tertiary/aromatic N) is 1. The van der Waals surface area contributed by atoms with Gasteiger partial charge in [-0.2, -0.15) is 0 Å². The van der Waals surface area contributed by atoms with E-state index in [1.54, 1.807) is 11.9 Å². The van der Waals surface area contributed by atoms with Crippen molar-refractivity contribution in [3.05, 3.63) is 70.7 Å². The standard InChI is InChI=1S/C20H21BrFN3S/c1-14(12-23-10-8-15-2-5-17(22)6-3-15)25-26-19-7-4-16-13-24-11-9-18(16)20(19)21/h2-7,9,11,13-14,23,25H,8,10,12H2,1H3/t14-/m1/s1. The fourth-order valence-corrected chi connectivity index (χ4v) is 4.08. The molecule has 0 unspecified atom stereocenters. The van der Waals surface area contributed by atoms with Gasteiger partial charge in [-0.15, -0.1) is 0 Å². The molecule has 1 aromatic heterocycles. The number of pyridine rings is 1. The van der Waals surface area contributed by atoms with Crippen LogP contribution in [0.2, 0.25) is 0 Å². The monoisotopic (exact) mass is 433 g/mol. The molecule has 1 atom stereocenters. The Hall–Kier alpha value is -1.47. The smallest absolute Gasteiger partial charge is 0.123 e. The van der Waals surface area contributed by atoms with Crippen LogP contribution in [0, 0.1) is 5.82 Å². The Morgan fingerprint density at radius 3 is 2.77 bits per heavy atom. The maximum atomic E-state index is 12.9. The highest BCUT2D eigenvalue weighted by Crippen LogP contribution is 2.32. The average Bonchev–Trinajstić information content (AvgIpc) is 2.66. The van der Waals surface area contributed by atoms with Crippen molar-refractivity contribution in [2.24, 2.45) is 0 Å². The second-order valence-corrected chi connectivity index (χ2v) is 7.85. The van der Waals surface area contributed by atoms with Crippen LogP contribution in [0.15, 0.2) is 64.2 Å². The second-order valence-electron chi connectivity index (χ2n) is 6.18. The summed E-state index contributed by atoms with van der Waals surface area (Å²) < 4.78 is 17.4. The SMILES string of the molecule is C[C@H](CNCCc1ccc(F)cc1)NSc1ccc2cnccc2c1Br. The van der Waals surface area contributed by atoms with Crippen molar-refractivity contribution in [2.75, 3.05) is 13.1 Å². The lowest BCUT2D eigenvalue weighted by molar-refractivity contribution is 0.585. The number of rotatable bonds is 8. The summed E-state index contributed by atoms with van der Waals surface area (Å²) in [6.45, 7) is 3.88. The number of aromatic nitrogens is 1. The lowest BCUT2D eigenvalue weighted by atomic mass is 10.1. The Balaban J connectivity index is 1.43. The molecule has 136 valence electrons. The molecule has 0 amide bonds. The summed E-state index contributed by atoms with van der Waals surface area (Å²) in [5.74, 6) is -0.187. The number of hydrogen-bond acceptors (Lipinski definition) is 4. The van der Waals surface area contributed by atoms with Crippen molar-refractivity contribution >= 4 is 38.7 Å². The summed E-state index contributed by atoms with van der Waals surface area (Å²) in [7, 11) is 0. The van der Waals surface area contributed by atoms with Gasteiger partial charge in [0.2, 0.25) is 0 Å². The van der Waals surface area contributed by atoms with Crippen LogP contribution >= 0.6 is 27.9 Å². The molecule has 1 heterocycles. The maximum absolute atomic E-state index is 12.9. The molecule has 0 spiro atoms. The Morgan fingerprint density at radius 2 is 1.96 bits per heavy atom. The van der Waals surface area contributed by atoms with Crippen molar-refractivity contribution < 1.29 is 4.39 Å². The predicted molar refractivity (Wildman–Crippen MR) is 111 cm³/mol. The first-order chi connectivity index (χ1) is 12.6. The molecule has 3 aromatic rings. The molecule has 0 fully saturated rings. The molecule has 0 aliphatic rings. The Morgan fingerprint density at radius 1 is 1.15 bits per heavy atom. The van der Waals surface area contributed by atoms with Crippen molar-refractivity contribution in [1.82, 2.24) is 15.0 Å². The summed E-state index contributed by atoms with van der Waals surface area (Å²) in [5.41, 5.74) is 1.14. The minimum atomic E-state index is -0.187. The Bertz CT molecular complexity index is 857. The topological polar surface area (TPSA) is 37.0 Å². The minimum Gasteiger partial charge on any atom is -0.315 e. The van der Waals surface area contributed by atoms with Crippen LogP contribution in [0.1, 0.15) is 12.5 Å². The fraction of sp³-hybridized carbons (Fsp3) is 0.250. The van der Waals surface area contributed by atoms with Crippen LogP contribution < -0.4 is 10.0 Å². The van der Waals surface area contributed by atoms with Gasteiger partial charge in [0.05, 0.1) is 0 Å².